The molecule has 0 saturated heterocycles. The molecule has 20 heavy (non-hydrogen) atoms. The monoisotopic (exact) mass is 335 g/mol. The zero-order valence-corrected chi connectivity index (χ0v) is 11.8. The van der Waals surface area contributed by atoms with Crippen LogP contribution >= 0.6 is 15.9 Å². The van der Waals surface area contributed by atoms with Gasteiger partial charge in [-0.15, -0.1) is 0 Å². The van der Waals surface area contributed by atoms with Crippen LogP contribution in [-0.4, -0.2) is 10.8 Å². The summed E-state index contributed by atoms with van der Waals surface area (Å²) in [6, 6.07) is 11.2. The molecule has 102 valence electrons. The van der Waals surface area contributed by atoms with E-state index in [0.717, 1.165) is 0 Å². The van der Waals surface area contributed by atoms with Crippen molar-refractivity contribution in [3.05, 3.63) is 62.6 Å². The molecule has 6 nitrogen and oxygen atoms in total. The van der Waals surface area contributed by atoms with Crippen LogP contribution in [0.25, 0.3) is 0 Å². The van der Waals surface area contributed by atoms with Gasteiger partial charge in [0.2, 0.25) is 0 Å². The number of hydrogen-bond donors (Lipinski definition) is 2. The molecular formula is C13H10BrN3O3. The number of nitrogen functional groups attached to an aromatic ring is 1. The molecule has 1 amide bonds. The van der Waals surface area contributed by atoms with Crippen LogP contribution in [0.2, 0.25) is 0 Å². The van der Waals surface area contributed by atoms with Crippen LogP contribution in [0, 0.1) is 10.1 Å². The molecule has 0 bridgehead atoms. The predicted molar refractivity (Wildman–Crippen MR) is 79.6 cm³/mol. The summed E-state index contributed by atoms with van der Waals surface area (Å²) in [6.45, 7) is 0. The van der Waals surface area contributed by atoms with E-state index < -0.39 is 10.8 Å². The highest BCUT2D eigenvalue weighted by atomic mass is 79.9. The molecule has 0 heterocycles. The van der Waals surface area contributed by atoms with Crippen LogP contribution in [0.1, 0.15) is 10.4 Å². The zero-order valence-electron chi connectivity index (χ0n) is 10.2. The van der Waals surface area contributed by atoms with Crippen molar-refractivity contribution in [3.8, 4) is 0 Å². The molecule has 0 spiro atoms. The topological polar surface area (TPSA) is 98.3 Å². The number of amides is 1. The fourth-order valence-corrected chi connectivity index (χ4v) is 2.05. The molecule has 0 aliphatic rings. The Labute approximate surface area is 122 Å². The Kier molecular flexibility index (Phi) is 3.99. The molecule has 2 rings (SSSR count). The molecule has 0 atom stereocenters. The van der Waals surface area contributed by atoms with Crippen LogP contribution < -0.4 is 11.1 Å². The smallest absolute Gasteiger partial charge is 0.292 e. The summed E-state index contributed by atoms with van der Waals surface area (Å²) in [7, 11) is 0. The summed E-state index contributed by atoms with van der Waals surface area (Å²) >= 11 is 3.30. The number of nitrogens with one attached hydrogen (secondary N) is 1. The van der Waals surface area contributed by atoms with E-state index >= 15 is 0 Å². The van der Waals surface area contributed by atoms with E-state index in [9.17, 15) is 14.9 Å². The molecule has 0 radical (unpaired) electrons. The van der Waals surface area contributed by atoms with Crippen molar-refractivity contribution < 1.29 is 9.72 Å². The first-order valence-corrected chi connectivity index (χ1v) is 6.38. The standard InChI is InChI=1S/C13H10BrN3O3/c14-9-5-1-2-6-10(9)16-13(18)8-4-3-7-11(12(8)15)17(19)20/h1-7H,15H2,(H,16,18). The Balaban J connectivity index is 2.33. The van der Waals surface area contributed by atoms with E-state index in [2.05, 4.69) is 21.2 Å². The lowest BCUT2D eigenvalue weighted by molar-refractivity contribution is -0.383. The number of carbonyl (C=O) groups is 1. The molecule has 0 fully saturated rings. The third-order valence-electron chi connectivity index (χ3n) is 2.65. The molecule has 0 aromatic heterocycles. The number of nitro benzene ring substituents is 1. The second kappa shape index (κ2) is 5.70. The van der Waals surface area contributed by atoms with Crippen molar-refractivity contribution >= 4 is 38.9 Å². The van der Waals surface area contributed by atoms with Crippen molar-refractivity contribution in [2.75, 3.05) is 11.1 Å². The number of nitro groups is 1. The largest absolute Gasteiger partial charge is 0.393 e. The molecule has 0 aliphatic heterocycles. The zero-order chi connectivity index (χ0) is 14.7. The van der Waals surface area contributed by atoms with Crippen LogP contribution in [0.4, 0.5) is 17.1 Å². The number of benzene rings is 2. The van der Waals surface area contributed by atoms with Gasteiger partial charge in [-0.05, 0) is 34.1 Å². The summed E-state index contributed by atoms with van der Waals surface area (Å²) in [5.74, 6) is -0.502. The van der Waals surface area contributed by atoms with Crippen molar-refractivity contribution in [3.63, 3.8) is 0 Å². The third-order valence-corrected chi connectivity index (χ3v) is 3.34. The van der Waals surface area contributed by atoms with Crippen LogP contribution in [0.3, 0.4) is 0 Å². The number of rotatable bonds is 3. The summed E-state index contributed by atoms with van der Waals surface area (Å²) in [5.41, 5.74) is 5.85. The van der Waals surface area contributed by atoms with Gasteiger partial charge in [0.05, 0.1) is 16.2 Å². The van der Waals surface area contributed by atoms with Crippen molar-refractivity contribution in [2.24, 2.45) is 0 Å². The number of nitrogens with zero attached hydrogens (tertiary/aromatic N) is 1. The first-order chi connectivity index (χ1) is 9.50. The second-order valence-corrected chi connectivity index (χ2v) is 4.78. The van der Waals surface area contributed by atoms with Crippen LogP contribution in [0.5, 0.6) is 0 Å². The van der Waals surface area contributed by atoms with E-state index in [1.54, 1.807) is 18.2 Å². The molecule has 2 aromatic carbocycles. The summed E-state index contributed by atoms with van der Waals surface area (Å²) in [6.07, 6.45) is 0. The van der Waals surface area contributed by atoms with Gasteiger partial charge in [0.1, 0.15) is 5.69 Å². The molecule has 0 unspecified atom stereocenters. The van der Waals surface area contributed by atoms with Gasteiger partial charge in [-0.1, -0.05) is 18.2 Å². The Morgan fingerprint density at radius 2 is 1.90 bits per heavy atom. The number of anilines is 2. The number of nitrogens with two attached hydrogens (primary N) is 1. The third kappa shape index (κ3) is 2.77. The molecular weight excluding hydrogens is 326 g/mol. The highest BCUT2D eigenvalue weighted by Crippen LogP contribution is 2.27. The van der Waals surface area contributed by atoms with Crippen molar-refractivity contribution in [1.29, 1.82) is 0 Å². The van der Waals surface area contributed by atoms with Gasteiger partial charge in [0.15, 0.2) is 0 Å². The maximum absolute atomic E-state index is 12.1. The van der Waals surface area contributed by atoms with Crippen LogP contribution in [-0.2, 0) is 0 Å². The lowest BCUT2D eigenvalue weighted by atomic mass is 10.1. The minimum absolute atomic E-state index is 0.0648. The Morgan fingerprint density at radius 3 is 2.55 bits per heavy atom. The molecule has 3 N–H and O–H groups in total. The van der Waals surface area contributed by atoms with Gasteiger partial charge in [-0.25, -0.2) is 0 Å². The summed E-state index contributed by atoms with van der Waals surface area (Å²) in [5, 5.41) is 13.4. The van der Waals surface area contributed by atoms with Crippen LogP contribution in [0.15, 0.2) is 46.9 Å². The Morgan fingerprint density at radius 1 is 1.20 bits per heavy atom. The average Bonchev–Trinajstić information content (AvgIpc) is 2.41. The first-order valence-electron chi connectivity index (χ1n) is 5.59. The van der Waals surface area contributed by atoms with E-state index in [1.807, 2.05) is 6.07 Å². The van der Waals surface area contributed by atoms with E-state index in [0.29, 0.717) is 10.2 Å². The molecule has 2 aromatic rings. The average molecular weight is 336 g/mol. The van der Waals surface area contributed by atoms with Gasteiger partial charge < -0.3 is 11.1 Å². The highest BCUT2D eigenvalue weighted by Gasteiger charge is 2.19. The normalized spacial score (nSPS) is 10.1. The summed E-state index contributed by atoms with van der Waals surface area (Å²) < 4.78 is 0.706. The lowest BCUT2D eigenvalue weighted by Gasteiger charge is -2.09. The van der Waals surface area contributed by atoms with E-state index in [1.165, 1.54) is 18.2 Å². The Bertz CT molecular complexity index is 688. The molecule has 7 heteroatoms. The SMILES string of the molecule is Nc1c(C(=O)Nc2ccccc2Br)cccc1[N+](=O)[O-]. The van der Waals surface area contributed by atoms with Gasteiger partial charge in [0.25, 0.3) is 11.6 Å². The van der Waals surface area contributed by atoms with Crippen molar-refractivity contribution in [2.45, 2.75) is 0 Å². The van der Waals surface area contributed by atoms with E-state index in [-0.39, 0.29) is 16.9 Å². The second-order valence-electron chi connectivity index (χ2n) is 3.93. The molecule has 0 saturated carbocycles. The van der Waals surface area contributed by atoms with Gasteiger partial charge in [-0.2, -0.15) is 0 Å². The lowest BCUT2D eigenvalue weighted by Crippen LogP contribution is -2.15. The maximum atomic E-state index is 12.1. The molecule has 0 aliphatic carbocycles. The summed E-state index contributed by atoms with van der Waals surface area (Å²) in [4.78, 5) is 22.3. The van der Waals surface area contributed by atoms with E-state index in [4.69, 9.17) is 5.73 Å². The Hall–Kier alpha value is -2.41. The fourth-order valence-electron chi connectivity index (χ4n) is 1.66. The minimum atomic E-state index is -0.620. The number of halogens is 1. The quantitative estimate of drug-likeness (QED) is 0.511. The number of para-hydroxylation sites is 2. The number of hydrogen-bond acceptors (Lipinski definition) is 4. The predicted octanol–water partition coefficient (Wildman–Crippen LogP) is 3.19. The van der Waals surface area contributed by atoms with Gasteiger partial charge >= 0.3 is 0 Å². The van der Waals surface area contributed by atoms with Gasteiger partial charge in [0, 0.05) is 10.5 Å². The highest BCUT2D eigenvalue weighted by molar-refractivity contribution is 9.10. The van der Waals surface area contributed by atoms with Gasteiger partial charge in [-0.3, -0.25) is 14.9 Å². The van der Waals surface area contributed by atoms with Crippen molar-refractivity contribution in [1.82, 2.24) is 0 Å². The minimum Gasteiger partial charge on any atom is -0.393 e. The number of carbonyl (C=O) groups excluding carboxylic acids is 1. The fraction of sp³-hybridized carbons (Fsp3) is 0. The maximum Gasteiger partial charge on any atom is 0.292 e. The first kappa shape index (κ1) is 14.0.